The van der Waals surface area contributed by atoms with Crippen LogP contribution in [-0.2, 0) is 4.79 Å². The van der Waals surface area contributed by atoms with E-state index < -0.39 is 5.97 Å². The van der Waals surface area contributed by atoms with Gasteiger partial charge in [0.2, 0.25) is 0 Å². The lowest BCUT2D eigenvalue weighted by Crippen LogP contribution is -2.10. The van der Waals surface area contributed by atoms with Gasteiger partial charge in [-0.05, 0) is 56.1 Å². The van der Waals surface area contributed by atoms with Crippen molar-refractivity contribution < 1.29 is 9.90 Å². The summed E-state index contributed by atoms with van der Waals surface area (Å²) in [6.45, 7) is 0. The highest BCUT2D eigenvalue weighted by molar-refractivity contribution is 5.88. The molecule has 2 rings (SSSR count). The van der Waals surface area contributed by atoms with Crippen molar-refractivity contribution in [3.05, 3.63) is 22.8 Å². The van der Waals surface area contributed by atoms with Crippen molar-refractivity contribution in [2.24, 2.45) is 0 Å². The molecule has 1 N–H and O–H groups in total. The summed E-state index contributed by atoms with van der Waals surface area (Å²) in [6, 6.07) is 0. The third kappa shape index (κ3) is 1.74. The highest BCUT2D eigenvalue weighted by atomic mass is 16.4. The molecule has 14 heavy (non-hydrogen) atoms. The van der Waals surface area contributed by atoms with Crippen molar-refractivity contribution in [3.8, 4) is 0 Å². The van der Waals surface area contributed by atoms with E-state index in [1.807, 2.05) is 0 Å². The molecule has 0 unspecified atom stereocenters. The summed E-state index contributed by atoms with van der Waals surface area (Å²) < 4.78 is 0. The molecule has 0 bridgehead atoms. The number of hydrogen-bond acceptors (Lipinski definition) is 1. The number of carboxylic acid groups (broad SMARTS) is 1. The van der Waals surface area contributed by atoms with Gasteiger partial charge in [-0.15, -0.1) is 0 Å². The van der Waals surface area contributed by atoms with E-state index in [4.69, 9.17) is 5.11 Å². The summed E-state index contributed by atoms with van der Waals surface area (Å²) in [6.07, 6.45) is 9.59. The zero-order chi connectivity index (χ0) is 9.97. The molecule has 2 heteroatoms. The molecule has 76 valence electrons. The van der Waals surface area contributed by atoms with E-state index in [-0.39, 0.29) is 0 Å². The van der Waals surface area contributed by atoms with Crippen LogP contribution in [0.3, 0.4) is 0 Å². The average molecular weight is 192 g/mol. The molecule has 2 aliphatic carbocycles. The van der Waals surface area contributed by atoms with Gasteiger partial charge in [0, 0.05) is 5.57 Å². The average Bonchev–Trinajstić information content (AvgIpc) is 2.70. The Morgan fingerprint density at radius 3 is 2.57 bits per heavy atom. The van der Waals surface area contributed by atoms with Gasteiger partial charge in [-0.25, -0.2) is 4.79 Å². The van der Waals surface area contributed by atoms with Gasteiger partial charge in [0.15, 0.2) is 0 Å². The number of carboxylic acids is 1. The van der Waals surface area contributed by atoms with Crippen molar-refractivity contribution >= 4 is 5.97 Å². The minimum absolute atomic E-state index is 0.685. The van der Waals surface area contributed by atoms with E-state index in [0.29, 0.717) is 5.57 Å². The summed E-state index contributed by atoms with van der Waals surface area (Å²) in [5.74, 6) is -0.701. The van der Waals surface area contributed by atoms with Gasteiger partial charge in [0.1, 0.15) is 0 Å². The van der Waals surface area contributed by atoms with E-state index in [0.717, 1.165) is 44.1 Å². The first kappa shape index (κ1) is 9.50. The summed E-state index contributed by atoms with van der Waals surface area (Å²) in [5, 5.41) is 9.08. The van der Waals surface area contributed by atoms with Crippen LogP contribution in [0.5, 0.6) is 0 Å². The maximum absolute atomic E-state index is 11.0. The van der Waals surface area contributed by atoms with Crippen LogP contribution in [0.15, 0.2) is 22.8 Å². The van der Waals surface area contributed by atoms with Crippen molar-refractivity contribution in [3.63, 3.8) is 0 Å². The van der Waals surface area contributed by atoms with Crippen molar-refractivity contribution in [2.45, 2.75) is 44.9 Å². The molecule has 0 radical (unpaired) electrons. The molecule has 0 aliphatic heterocycles. The van der Waals surface area contributed by atoms with Gasteiger partial charge in [-0.1, -0.05) is 6.08 Å². The van der Waals surface area contributed by atoms with Crippen LogP contribution in [0.1, 0.15) is 44.9 Å². The maximum atomic E-state index is 11.0. The first-order chi connectivity index (χ1) is 6.79. The molecule has 0 saturated heterocycles. The first-order valence-corrected chi connectivity index (χ1v) is 5.44. The van der Waals surface area contributed by atoms with Gasteiger partial charge in [-0.3, -0.25) is 0 Å². The quantitative estimate of drug-likeness (QED) is 0.730. The molecular formula is C12H16O2. The number of carbonyl (C=O) groups is 1. The highest BCUT2D eigenvalue weighted by Crippen LogP contribution is 2.35. The van der Waals surface area contributed by atoms with Gasteiger partial charge in [0.05, 0.1) is 0 Å². The van der Waals surface area contributed by atoms with Crippen LogP contribution >= 0.6 is 0 Å². The van der Waals surface area contributed by atoms with Crippen LogP contribution in [0.4, 0.5) is 0 Å². The van der Waals surface area contributed by atoms with E-state index in [9.17, 15) is 4.79 Å². The molecule has 0 aromatic carbocycles. The second kappa shape index (κ2) is 3.99. The van der Waals surface area contributed by atoms with Crippen LogP contribution in [0.25, 0.3) is 0 Å². The second-order valence-electron chi connectivity index (χ2n) is 4.09. The largest absolute Gasteiger partial charge is 0.478 e. The predicted molar refractivity (Wildman–Crippen MR) is 55.1 cm³/mol. The molecule has 0 aromatic heterocycles. The van der Waals surface area contributed by atoms with Gasteiger partial charge in [-0.2, -0.15) is 0 Å². The molecule has 0 amide bonds. The van der Waals surface area contributed by atoms with E-state index in [1.54, 1.807) is 0 Å². The molecule has 2 aliphatic rings. The van der Waals surface area contributed by atoms with Crippen molar-refractivity contribution in [2.75, 3.05) is 0 Å². The van der Waals surface area contributed by atoms with Gasteiger partial charge < -0.3 is 5.11 Å². The smallest absolute Gasteiger partial charge is 0.331 e. The maximum Gasteiger partial charge on any atom is 0.331 e. The standard InChI is InChI=1S/C12H16O2/c13-12(14)11-8-4-3-7-10(11)9-5-1-2-6-9/h5H,1-4,6-8H2,(H,13,14). The Morgan fingerprint density at radius 2 is 1.93 bits per heavy atom. The SMILES string of the molecule is O=C(O)C1=C(C2=CCCC2)CCCC1. The number of allylic oxidation sites excluding steroid dienone is 3. The minimum atomic E-state index is -0.701. The van der Waals surface area contributed by atoms with E-state index in [1.165, 1.54) is 12.0 Å². The lowest BCUT2D eigenvalue weighted by molar-refractivity contribution is -0.132. The van der Waals surface area contributed by atoms with Gasteiger partial charge >= 0.3 is 5.97 Å². The molecule has 0 heterocycles. The number of hydrogen-bond donors (Lipinski definition) is 1. The predicted octanol–water partition coefficient (Wildman–Crippen LogP) is 3.05. The fraction of sp³-hybridized carbons (Fsp3) is 0.583. The Bertz CT molecular complexity index is 310. The van der Waals surface area contributed by atoms with Gasteiger partial charge in [0.25, 0.3) is 0 Å². The Balaban J connectivity index is 2.31. The Morgan fingerprint density at radius 1 is 1.14 bits per heavy atom. The van der Waals surface area contributed by atoms with Crippen molar-refractivity contribution in [1.29, 1.82) is 0 Å². The van der Waals surface area contributed by atoms with Crippen LogP contribution in [0, 0.1) is 0 Å². The van der Waals surface area contributed by atoms with Crippen LogP contribution < -0.4 is 0 Å². The molecule has 0 aromatic rings. The minimum Gasteiger partial charge on any atom is -0.478 e. The third-order valence-corrected chi connectivity index (χ3v) is 3.15. The first-order valence-electron chi connectivity index (χ1n) is 5.44. The lowest BCUT2D eigenvalue weighted by atomic mass is 9.87. The fourth-order valence-electron chi connectivity index (χ4n) is 2.44. The van der Waals surface area contributed by atoms with Crippen LogP contribution in [-0.4, -0.2) is 11.1 Å². The van der Waals surface area contributed by atoms with E-state index >= 15 is 0 Å². The zero-order valence-corrected chi connectivity index (χ0v) is 8.38. The number of aliphatic carboxylic acids is 1. The fourth-order valence-corrected chi connectivity index (χ4v) is 2.44. The Hall–Kier alpha value is -1.05. The molecule has 2 nitrogen and oxygen atoms in total. The number of rotatable bonds is 2. The third-order valence-electron chi connectivity index (χ3n) is 3.15. The summed E-state index contributed by atoms with van der Waals surface area (Å²) >= 11 is 0. The normalized spacial score (nSPS) is 22.4. The summed E-state index contributed by atoms with van der Waals surface area (Å²) in [5.41, 5.74) is 3.16. The lowest BCUT2D eigenvalue weighted by Gasteiger charge is -2.18. The molecule has 0 saturated carbocycles. The molecule has 0 fully saturated rings. The van der Waals surface area contributed by atoms with Crippen molar-refractivity contribution in [1.82, 2.24) is 0 Å². The highest BCUT2D eigenvalue weighted by Gasteiger charge is 2.21. The molecule has 0 spiro atoms. The second-order valence-corrected chi connectivity index (χ2v) is 4.09. The Kier molecular flexibility index (Phi) is 2.71. The monoisotopic (exact) mass is 192 g/mol. The zero-order valence-electron chi connectivity index (χ0n) is 8.38. The summed E-state index contributed by atoms with van der Waals surface area (Å²) in [4.78, 5) is 11.0. The van der Waals surface area contributed by atoms with Crippen LogP contribution in [0.2, 0.25) is 0 Å². The summed E-state index contributed by atoms with van der Waals surface area (Å²) in [7, 11) is 0. The Labute approximate surface area is 84.3 Å². The molecule has 0 atom stereocenters. The molecular weight excluding hydrogens is 176 g/mol. The van der Waals surface area contributed by atoms with E-state index in [2.05, 4.69) is 6.08 Å². The topological polar surface area (TPSA) is 37.3 Å².